The van der Waals surface area contributed by atoms with Gasteiger partial charge in [0.2, 0.25) is 0 Å². The molecule has 0 saturated heterocycles. The number of halogens is 1. The van der Waals surface area contributed by atoms with Crippen LogP contribution < -0.4 is 20.1 Å². The predicted molar refractivity (Wildman–Crippen MR) is 107 cm³/mol. The second-order valence-electron chi connectivity index (χ2n) is 5.93. The van der Waals surface area contributed by atoms with Crippen molar-refractivity contribution in [2.45, 2.75) is 13.8 Å². The van der Waals surface area contributed by atoms with E-state index in [-0.39, 0.29) is 5.56 Å². The first kappa shape index (κ1) is 22.7. The maximum Gasteiger partial charge on any atom is 0.325 e. The zero-order valence-corrected chi connectivity index (χ0v) is 16.7. The van der Waals surface area contributed by atoms with Crippen molar-refractivity contribution in [2.75, 3.05) is 31.7 Å². The largest absolute Gasteiger partial charge is 0.490 e. The number of rotatable bonds is 10. The first-order chi connectivity index (χ1) is 14.4. The molecule has 9 heteroatoms. The predicted octanol–water partition coefficient (Wildman–Crippen LogP) is 2.53. The number of hydrogen-bond acceptors (Lipinski definition) is 6. The SMILES string of the molecule is CCOc1ccc(NC(=O)COC(=O)CNC(=O)c2ccc(F)cc2)cc1OCC. The number of amides is 2. The molecular formula is C21H23FN2O6. The van der Waals surface area contributed by atoms with E-state index in [4.69, 9.17) is 14.2 Å². The van der Waals surface area contributed by atoms with Gasteiger partial charge in [0.25, 0.3) is 11.8 Å². The number of ether oxygens (including phenoxy) is 3. The number of hydrogen-bond donors (Lipinski definition) is 2. The van der Waals surface area contributed by atoms with Crippen molar-refractivity contribution in [1.82, 2.24) is 5.32 Å². The lowest BCUT2D eigenvalue weighted by molar-refractivity contribution is -0.146. The number of anilines is 1. The lowest BCUT2D eigenvalue weighted by atomic mass is 10.2. The van der Waals surface area contributed by atoms with Gasteiger partial charge in [-0.3, -0.25) is 14.4 Å². The quantitative estimate of drug-likeness (QED) is 0.575. The smallest absolute Gasteiger partial charge is 0.325 e. The molecule has 0 spiro atoms. The van der Waals surface area contributed by atoms with Gasteiger partial charge in [-0.2, -0.15) is 0 Å². The van der Waals surface area contributed by atoms with E-state index in [2.05, 4.69) is 10.6 Å². The highest BCUT2D eigenvalue weighted by atomic mass is 19.1. The van der Waals surface area contributed by atoms with Gasteiger partial charge in [-0.15, -0.1) is 0 Å². The third kappa shape index (κ3) is 7.08. The minimum atomic E-state index is -0.790. The summed E-state index contributed by atoms with van der Waals surface area (Å²) in [6.45, 7) is 3.62. The Balaban J connectivity index is 1.79. The van der Waals surface area contributed by atoms with Crippen LogP contribution in [0.2, 0.25) is 0 Å². The summed E-state index contributed by atoms with van der Waals surface area (Å²) in [5.41, 5.74) is 0.648. The van der Waals surface area contributed by atoms with Crippen LogP contribution in [-0.2, 0) is 14.3 Å². The Morgan fingerprint density at radius 2 is 1.60 bits per heavy atom. The van der Waals surface area contributed by atoms with Gasteiger partial charge in [-0.25, -0.2) is 4.39 Å². The molecular weight excluding hydrogens is 395 g/mol. The van der Waals surface area contributed by atoms with Crippen molar-refractivity contribution in [3.05, 3.63) is 53.8 Å². The van der Waals surface area contributed by atoms with E-state index in [1.54, 1.807) is 18.2 Å². The first-order valence-electron chi connectivity index (χ1n) is 9.31. The average Bonchev–Trinajstić information content (AvgIpc) is 2.73. The molecule has 2 amide bonds. The molecule has 0 aliphatic rings. The Kier molecular flexibility index (Phi) is 8.61. The van der Waals surface area contributed by atoms with Crippen LogP contribution in [0.15, 0.2) is 42.5 Å². The molecule has 0 aliphatic heterocycles. The molecule has 0 radical (unpaired) electrons. The molecule has 0 aliphatic carbocycles. The van der Waals surface area contributed by atoms with Crippen LogP contribution in [0.4, 0.5) is 10.1 Å². The standard InChI is InChI=1S/C21H23FN2O6/c1-3-28-17-10-9-16(11-18(17)29-4-2)24-19(25)13-30-20(26)12-23-21(27)14-5-7-15(22)8-6-14/h5-11H,3-4,12-13H2,1-2H3,(H,23,27)(H,24,25). The minimum absolute atomic E-state index is 0.197. The van der Waals surface area contributed by atoms with Gasteiger partial charge in [0.05, 0.1) is 13.2 Å². The maximum absolute atomic E-state index is 12.9. The highest BCUT2D eigenvalue weighted by molar-refractivity contribution is 5.96. The van der Waals surface area contributed by atoms with Gasteiger partial charge in [0.15, 0.2) is 18.1 Å². The van der Waals surface area contributed by atoms with Gasteiger partial charge in [-0.05, 0) is 50.2 Å². The fourth-order valence-corrected chi connectivity index (χ4v) is 2.38. The van der Waals surface area contributed by atoms with Crippen LogP contribution in [0.25, 0.3) is 0 Å². The second kappa shape index (κ2) is 11.4. The molecule has 0 atom stereocenters. The van der Waals surface area contributed by atoms with Gasteiger partial charge in [0, 0.05) is 17.3 Å². The van der Waals surface area contributed by atoms with Gasteiger partial charge >= 0.3 is 5.97 Å². The molecule has 2 N–H and O–H groups in total. The van der Waals surface area contributed by atoms with Crippen molar-refractivity contribution in [1.29, 1.82) is 0 Å². The molecule has 0 bridgehead atoms. The summed E-state index contributed by atoms with van der Waals surface area (Å²) in [7, 11) is 0. The highest BCUT2D eigenvalue weighted by Gasteiger charge is 2.12. The first-order valence-corrected chi connectivity index (χ1v) is 9.31. The van der Waals surface area contributed by atoms with E-state index in [1.807, 2.05) is 13.8 Å². The van der Waals surface area contributed by atoms with E-state index in [0.717, 1.165) is 12.1 Å². The van der Waals surface area contributed by atoms with Gasteiger partial charge in [0.1, 0.15) is 12.4 Å². The molecule has 160 valence electrons. The molecule has 8 nitrogen and oxygen atoms in total. The number of nitrogens with one attached hydrogen (secondary N) is 2. The molecule has 0 fully saturated rings. The summed E-state index contributed by atoms with van der Waals surface area (Å²) in [6, 6.07) is 9.76. The zero-order valence-electron chi connectivity index (χ0n) is 16.7. The van der Waals surface area contributed by atoms with Crippen molar-refractivity contribution in [3.8, 4) is 11.5 Å². The van der Waals surface area contributed by atoms with E-state index in [9.17, 15) is 18.8 Å². The van der Waals surface area contributed by atoms with Crippen molar-refractivity contribution >= 4 is 23.5 Å². The summed E-state index contributed by atoms with van der Waals surface area (Å²) in [4.78, 5) is 35.6. The van der Waals surface area contributed by atoms with E-state index < -0.39 is 36.8 Å². The van der Waals surface area contributed by atoms with Crippen LogP contribution in [0.3, 0.4) is 0 Å². The molecule has 2 aromatic carbocycles. The Morgan fingerprint density at radius 3 is 2.27 bits per heavy atom. The van der Waals surface area contributed by atoms with Crippen LogP contribution in [0, 0.1) is 5.82 Å². The van der Waals surface area contributed by atoms with Crippen LogP contribution in [-0.4, -0.2) is 44.1 Å². The number of esters is 1. The number of carbonyl (C=O) groups is 3. The van der Waals surface area contributed by atoms with Crippen molar-refractivity contribution in [3.63, 3.8) is 0 Å². The third-order valence-electron chi connectivity index (χ3n) is 3.69. The molecule has 2 rings (SSSR count). The topological polar surface area (TPSA) is 103 Å². The fourth-order valence-electron chi connectivity index (χ4n) is 2.38. The van der Waals surface area contributed by atoms with Crippen molar-refractivity contribution < 1.29 is 33.0 Å². The Morgan fingerprint density at radius 1 is 0.933 bits per heavy atom. The summed E-state index contributed by atoms with van der Waals surface area (Å²) in [5.74, 6) is -1.34. The summed E-state index contributed by atoms with van der Waals surface area (Å²) >= 11 is 0. The Labute approximate surface area is 173 Å². The summed E-state index contributed by atoms with van der Waals surface area (Å²) in [5, 5.41) is 4.92. The molecule has 0 heterocycles. The summed E-state index contributed by atoms with van der Waals surface area (Å²) in [6.07, 6.45) is 0. The molecule has 30 heavy (non-hydrogen) atoms. The Hall–Kier alpha value is -3.62. The second-order valence-corrected chi connectivity index (χ2v) is 5.93. The maximum atomic E-state index is 12.9. The zero-order chi connectivity index (χ0) is 21.9. The average molecular weight is 418 g/mol. The van der Waals surface area contributed by atoms with Crippen molar-refractivity contribution in [2.24, 2.45) is 0 Å². The molecule has 0 unspecified atom stereocenters. The molecule has 2 aromatic rings. The normalized spacial score (nSPS) is 10.1. The fraction of sp³-hybridized carbons (Fsp3) is 0.286. The Bertz CT molecular complexity index is 886. The van der Waals surface area contributed by atoms with Gasteiger partial charge < -0.3 is 24.8 Å². The number of benzene rings is 2. The highest BCUT2D eigenvalue weighted by Crippen LogP contribution is 2.30. The lowest BCUT2D eigenvalue weighted by Crippen LogP contribution is -2.32. The van der Waals surface area contributed by atoms with Crippen LogP contribution >= 0.6 is 0 Å². The van der Waals surface area contributed by atoms with E-state index in [0.29, 0.717) is 30.4 Å². The summed E-state index contributed by atoms with van der Waals surface area (Å²) < 4.78 is 28.6. The third-order valence-corrected chi connectivity index (χ3v) is 3.69. The number of carbonyl (C=O) groups excluding carboxylic acids is 3. The van der Waals surface area contributed by atoms with Crippen LogP contribution in [0.5, 0.6) is 11.5 Å². The van der Waals surface area contributed by atoms with Gasteiger partial charge in [-0.1, -0.05) is 0 Å². The van der Waals surface area contributed by atoms with Crippen LogP contribution in [0.1, 0.15) is 24.2 Å². The molecule has 0 aromatic heterocycles. The molecule has 0 saturated carbocycles. The minimum Gasteiger partial charge on any atom is -0.490 e. The monoisotopic (exact) mass is 418 g/mol. The van der Waals surface area contributed by atoms with E-state index >= 15 is 0 Å². The lowest BCUT2D eigenvalue weighted by Gasteiger charge is -2.13. The van der Waals surface area contributed by atoms with E-state index in [1.165, 1.54) is 12.1 Å².